The Kier molecular flexibility index (Phi) is 6.77. The molecule has 1 N–H and O–H groups in total. The highest BCUT2D eigenvalue weighted by atomic mass is 35.5. The number of hydrogen-bond donors (Lipinski definition) is 1. The van der Waals surface area contributed by atoms with Gasteiger partial charge in [-0.25, -0.2) is 4.39 Å². The van der Waals surface area contributed by atoms with Gasteiger partial charge >= 0.3 is 5.97 Å². The first kappa shape index (κ1) is 18.7. The van der Waals surface area contributed by atoms with Crippen LogP contribution in [0.5, 0.6) is 5.75 Å². The minimum absolute atomic E-state index is 0.0834. The number of esters is 1. The molecule has 0 fully saturated rings. The van der Waals surface area contributed by atoms with Crippen LogP contribution in [0.3, 0.4) is 0 Å². The molecule has 0 aliphatic carbocycles. The zero-order valence-corrected chi connectivity index (χ0v) is 14.3. The minimum Gasteiger partial charge on any atom is -0.482 e. The second-order valence-electron chi connectivity index (χ2n) is 5.17. The number of hydrogen-bond acceptors (Lipinski definition) is 4. The Morgan fingerprint density at radius 2 is 1.84 bits per heavy atom. The molecule has 1 atom stereocenters. The zero-order chi connectivity index (χ0) is 18.2. The number of amides is 1. The maximum Gasteiger partial charge on any atom is 0.307 e. The molecule has 0 aliphatic heterocycles. The van der Waals surface area contributed by atoms with Gasteiger partial charge in [-0.15, -0.1) is 0 Å². The molecule has 0 saturated carbocycles. The van der Waals surface area contributed by atoms with Crippen molar-refractivity contribution < 1.29 is 23.5 Å². The van der Waals surface area contributed by atoms with Gasteiger partial charge in [-0.05, 0) is 29.8 Å². The first-order chi connectivity index (χ1) is 12.0. The van der Waals surface area contributed by atoms with E-state index in [9.17, 15) is 14.0 Å². The van der Waals surface area contributed by atoms with Crippen LogP contribution in [0.15, 0.2) is 48.5 Å². The van der Waals surface area contributed by atoms with Crippen LogP contribution in [-0.2, 0) is 14.3 Å². The van der Waals surface area contributed by atoms with Gasteiger partial charge in [0, 0.05) is 0 Å². The van der Waals surface area contributed by atoms with Gasteiger partial charge in [0.15, 0.2) is 6.61 Å². The second kappa shape index (κ2) is 9.03. The van der Waals surface area contributed by atoms with Crippen molar-refractivity contribution in [3.8, 4) is 5.75 Å². The predicted molar refractivity (Wildman–Crippen MR) is 90.9 cm³/mol. The fraction of sp³-hybridized carbons (Fsp3) is 0.222. The van der Waals surface area contributed by atoms with Crippen molar-refractivity contribution in [1.29, 1.82) is 0 Å². The molecule has 0 heterocycles. The summed E-state index contributed by atoms with van der Waals surface area (Å²) in [5.74, 6) is -0.973. The summed E-state index contributed by atoms with van der Waals surface area (Å²) in [4.78, 5) is 23.7. The first-order valence-corrected chi connectivity index (χ1v) is 7.86. The average Bonchev–Trinajstić information content (AvgIpc) is 2.61. The number of carbonyl (C=O) groups is 2. The molecule has 1 amide bonds. The van der Waals surface area contributed by atoms with Crippen molar-refractivity contribution in [3.63, 3.8) is 0 Å². The molecule has 0 spiro atoms. The molecule has 2 rings (SSSR count). The van der Waals surface area contributed by atoms with Crippen LogP contribution in [0.1, 0.15) is 18.0 Å². The maximum absolute atomic E-state index is 13.1. The Hall–Kier alpha value is -2.60. The van der Waals surface area contributed by atoms with Gasteiger partial charge < -0.3 is 14.8 Å². The van der Waals surface area contributed by atoms with Gasteiger partial charge in [-0.2, -0.15) is 0 Å². The molecule has 0 radical (unpaired) electrons. The monoisotopic (exact) mass is 365 g/mol. The standard InChI is InChI=1S/C18H17ClFNO4/c1-24-18(23)10-15(12-6-8-13(20)9-7-12)21-17(22)11-25-16-5-3-2-4-14(16)19/h2-9,15H,10-11H2,1H3,(H,21,22). The van der Waals surface area contributed by atoms with Crippen LogP contribution >= 0.6 is 11.6 Å². The molecular formula is C18H17ClFNO4. The highest BCUT2D eigenvalue weighted by molar-refractivity contribution is 6.32. The van der Waals surface area contributed by atoms with E-state index >= 15 is 0 Å². The van der Waals surface area contributed by atoms with Crippen LogP contribution in [0, 0.1) is 5.82 Å². The second-order valence-corrected chi connectivity index (χ2v) is 5.58. The summed E-state index contributed by atoms with van der Waals surface area (Å²) in [5, 5.41) is 3.07. The van der Waals surface area contributed by atoms with E-state index in [0.717, 1.165) is 0 Å². The highest BCUT2D eigenvalue weighted by Gasteiger charge is 2.19. The van der Waals surface area contributed by atoms with Crippen molar-refractivity contribution >= 4 is 23.5 Å². The Labute approximate surface area is 149 Å². The quantitative estimate of drug-likeness (QED) is 0.765. The van der Waals surface area contributed by atoms with Gasteiger partial charge in [0.05, 0.1) is 24.6 Å². The Balaban J connectivity index is 2.02. The summed E-state index contributed by atoms with van der Waals surface area (Å²) < 4.78 is 23.1. The number of carbonyl (C=O) groups excluding carboxylic acids is 2. The minimum atomic E-state index is -0.657. The lowest BCUT2D eigenvalue weighted by Gasteiger charge is -2.18. The average molecular weight is 366 g/mol. The number of para-hydroxylation sites is 1. The van der Waals surface area contributed by atoms with E-state index in [4.69, 9.17) is 16.3 Å². The van der Waals surface area contributed by atoms with Crippen LogP contribution in [0.4, 0.5) is 4.39 Å². The molecule has 25 heavy (non-hydrogen) atoms. The van der Waals surface area contributed by atoms with E-state index in [-0.39, 0.29) is 13.0 Å². The molecule has 5 nitrogen and oxygen atoms in total. The molecule has 132 valence electrons. The van der Waals surface area contributed by atoms with Gasteiger partial charge in [0.25, 0.3) is 5.91 Å². The van der Waals surface area contributed by atoms with Crippen molar-refractivity contribution in [1.82, 2.24) is 5.32 Å². The van der Waals surface area contributed by atoms with E-state index in [1.54, 1.807) is 24.3 Å². The molecule has 0 aliphatic rings. The fourth-order valence-corrected chi connectivity index (χ4v) is 2.33. The van der Waals surface area contributed by atoms with Gasteiger partial charge in [0.1, 0.15) is 11.6 Å². The van der Waals surface area contributed by atoms with Gasteiger partial charge in [-0.3, -0.25) is 9.59 Å². The lowest BCUT2D eigenvalue weighted by Crippen LogP contribution is -2.34. The summed E-state index contributed by atoms with van der Waals surface area (Å²) in [7, 11) is 1.26. The molecule has 1 unspecified atom stereocenters. The number of nitrogens with one attached hydrogen (secondary N) is 1. The Morgan fingerprint density at radius 1 is 1.16 bits per heavy atom. The van der Waals surface area contributed by atoms with E-state index in [2.05, 4.69) is 10.1 Å². The third-order valence-electron chi connectivity index (χ3n) is 3.40. The SMILES string of the molecule is COC(=O)CC(NC(=O)COc1ccccc1Cl)c1ccc(F)cc1. The Morgan fingerprint density at radius 3 is 2.48 bits per heavy atom. The largest absolute Gasteiger partial charge is 0.482 e. The van der Waals surface area contributed by atoms with E-state index in [0.29, 0.717) is 16.3 Å². The van der Waals surface area contributed by atoms with E-state index in [1.165, 1.54) is 31.4 Å². The summed E-state index contributed by atoms with van der Waals surface area (Å²) >= 11 is 5.96. The highest BCUT2D eigenvalue weighted by Crippen LogP contribution is 2.23. The number of benzene rings is 2. The molecular weight excluding hydrogens is 349 g/mol. The molecule has 2 aromatic rings. The van der Waals surface area contributed by atoms with E-state index < -0.39 is 23.7 Å². The molecule has 0 bridgehead atoms. The van der Waals surface area contributed by atoms with Crippen LogP contribution < -0.4 is 10.1 Å². The molecule has 0 aromatic heterocycles. The normalized spacial score (nSPS) is 11.5. The van der Waals surface area contributed by atoms with Crippen molar-refractivity contribution in [2.24, 2.45) is 0 Å². The molecule has 2 aromatic carbocycles. The van der Waals surface area contributed by atoms with Crippen LogP contribution in [0.25, 0.3) is 0 Å². The van der Waals surface area contributed by atoms with Crippen LogP contribution in [0.2, 0.25) is 5.02 Å². The summed E-state index contributed by atoms with van der Waals surface area (Å²) in [5.41, 5.74) is 0.581. The Bertz CT molecular complexity index is 736. The lowest BCUT2D eigenvalue weighted by atomic mass is 10.0. The summed E-state index contributed by atoms with van der Waals surface area (Å²) in [6, 6.07) is 11.6. The molecule has 0 saturated heterocycles. The van der Waals surface area contributed by atoms with Crippen LogP contribution in [-0.4, -0.2) is 25.6 Å². The fourth-order valence-electron chi connectivity index (χ4n) is 2.14. The van der Waals surface area contributed by atoms with Gasteiger partial charge in [0.2, 0.25) is 0 Å². The maximum atomic E-state index is 13.1. The van der Waals surface area contributed by atoms with Crippen molar-refractivity contribution in [2.75, 3.05) is 13.7 Å². The third-order valence-corrected chi connectivity index (χ3v) is 3.71. The number of rotatable bonds is 7. The summed E-state index contributed by atoms with van der Waals surface area (Å²) in [6.45, 7) is -0.275. The van der Waals surface area contributed by atoms with Gasteiger partial charge in [-0.1, -0.05) is 35.9 Å². The first-order valence-electron chi connectivity index (χ1n) is 7.48. The van der Waals surface area contributed by atoms with Crippen molar-refractivity contribution in [3.05, 3.63) is 64.9 Å². The topological polar surface area (TPSA) is 64.6 Å². The molecule has 7 heteroatoms. The van der Waals surface area contributed by atoms with E-state index in [1.807, 2.05) is 0 Å². The number of ether oxygens (including phenoxy) is 2. The smallest absolute Gasteiger partial charge is 0.307 e. The predicted octanol–water partition coefficient (Wildman–Crippen LogP) is 3.28. The van der Waals surface area contributed by atoms with Crippen molar-refractivity contribution in [2.45, 2.75) is 12.5 Å². The summed E-state index contributed by atoms with van der Waals surface area (Å²) in [6.07, 6.45) is -0.0834. The lowest BCUT2D eigenvalue weighted by molar-refractivity contribution is -0.141. The number of methoxy groups -OCH3 is 1. The number of halogens is 2. The third kappa shape index (κ3) is 5.76. The zero-order valence-electron chi connectivity index (χ0n) is 13.5.